The van der Waals surface area contributed by atoms with Crippen molar-refractivity contribution in [3.63, 3.8) is 0 Å². The second kappa shape index (κ2) is 7.29. The number of nitrogens with two attached hydrogens (primary N) is 1. The number of ether oxygens (including phenoxy) is 2. The molecule has 0 spiro atoms. The zero-order valence-electron chi connectivity index (χ0n) is 14.7. The number of hydrogen-bond acceptors (Lipinski definition) is 6. The van der Waals surface area contributed by atoms with Crippen LogP contribution < -0.4 is 19.9 Å². The molecule has 0 radical (unpaired) electrons. The number of anilines is 1. The lowest BCUT2D eigenvalue weighted by Crippen LogP contribution is -2.16. The molecule has 0 bridgehead atoms. The number of amides is 1. The fourth-order valence-electron chi connectivity index (χ4n) is 2.68. The number of hydrogen-bond donors (Lipinski definition) is 2. The summed E-state index contributed by atoms with van der Waals surface area (Å²) in [6, 6.07) is 9.54. The summed E-state index contributed by atoms with van der Waals surface area (Å²) in [6.07, 6.45) is 1.56. The Morgan fingerprint density at radius 2 is 1.93 bits per heavy atom. The molecule has 0 fully saturated rings. The molecule has 0 atom stereocenters. The van der Waals surface area contributed by atoms with E-state index in [-0.39, 0.29) is 23.0 Å². The summed E-state index contributed by atoms with van der Waals surface area (Å²) in [7, 11) is -1.10. The Hall–Kier alpha value is -3.04. The number of carbonyl (C=O) groups is 1. The highest BCUT2D eigenvalue weighted by molar-refractivity contribution is 7.89. The first-order valence-corrected chi connectivity index (χ1v) is 9.41. The smallest absolute Gasteiger partial charge is 0.241 e. The van der Waals surface area contributed by atoms with E-state index in [9.17, 15) is 13.2 Å². The van der Waals surface area contributed by atoms with Gasteiger partial charge in [0, 0.05) is 22.7 Å². The minimum absolute atomic E-state index is 0.0517. The fraction of sp³-hybridized carbons (Fsp3) is 0.167. The van der Waals surface area contributed by atoms with Crippen LogP contribution in [-0.2, 0) is 21.2 Å². The van der Waals surface area contributed by atoms with Crippen LogP contribution in [0.4, 0.5) is 5.69 Å². The van der Waals surface area contributed by atoms with Crippen molar-refractivity contribution in [1.82, 2.24) is 0 Å². The largest absolute Gasteiger partial charge is 0.497 e. The quantitative estimate of drug-likeness (QED) is 0.666. The van der Waals surface area contributed by atoms with Gasteiger partial charge >= 0.3 is 0 Å². The lowest BCUT2D eigenvalue weighted by molar-refractivity contribution is -0.115. The zero-order chi connectivity index (χ0) is 19.6. The Morgan fingerprint density at radius 3 is 2.59 bits per heavy atom. The summed E-state index contributed by atoms with van der Waals surface area (Å²) < 4.78 is 38.9. The molecular weight excluding hydrogens is 372 g/mol. The highest BCUT2D eigenvalue weighted by Crippen LogP contribution is 2.28. The summed E-state index contributed by atoms with van der Waals surface area (Å²) in [5, 5.41) is 8.63. The van der Waals surface area contributed by atoms with Gasteiger partial charge in [-0.05, 0) is 30.3 Å². The van der Waals surface area contributed by atoms with Crippen molar-refractivity contribution in [1.29, 1.82) is 0 Å². The number of primary sulfonamides is 1. The highest BCUT2D eigenvalue weighted by Gasteiger charge is 2.17. The summed E-state index contributed by atoms with van der Waals surface area (Å²) in [6.45, 7) is 0. The van der Waals surface area contributed by atoms with Crippen molar-refractivity contribution in [2.75, 3.05) is 19.5 Å². The Labute approximate surface area is 155 Å². The molecular formula is C18H18N2O6S. The maximum atomic E-state index is 12.4. The zero-order valence-corrected chi connectivity index (χ0v) is 15.5. The van der Waals surface area contributed by atoms with Crippen LogP contribution in [0, 0.1) is 0 Å². The van der Waals surface area contributed by atoms with Crippen molar-refractivity contribution >= 4 is 32.6 Å². The molecule has 1 heterocycles. The predicted octanol–water partition coefficient (Wildman–Crippen LogP) is 2.28. The van der Waals surface area contributed by atoms with Crippen LogP contribution in [0.25, 0.3) is 11.0 Å². The fourth-order valence-corrected chi connectivity index (χ4v) is 3.41. The van der Waals surface area contributed by atoms with E-state index in [1.807, 2.05) is 6.07 Å². The van der Waals surface area contributed by atoms with E-state index < -0.39 is 10.0 Å². The van der Waals surface area contributed by atoms with E-state index in [1.165, 1.54) is 31.6 Å². The number of fused-ring (bicyclic) bond motifs is 1. The first-order chi connectivity index (χ1) is 12.8. The summed E-state index contributed by atoms with van der Waals surface area (Å²) >= 11 is 0. The van der Waals surface area contributed by atoms with E-state index in [2.05, 4.69) is 5.32 Å². The molecule has 0 unspecified atom stereocenters. The molecule has 27 heavy (non-hydrogen) atoms. The Bertz CT molecular complexity index is 1100. The van der Waals surface area contributed by atoms with Gasteiger partial charge in [0.25, 0.3) is 0 Å². The second-order valence-corrected chi connectivity index (χ2v) is 7.29. The van der Waals surface area contributed by atoms with Gasteiger partial charge in [-0.2, -0.15) is 0 Å². The van der Waals surface area contributed by atoms with E-state index in [0.29, 0.717) is 22.6 Å². The molecule has 3 aromatic rings. The average Bonchev–Trinajstić information content (AvgIpc) is 3.02. The van der Waals surface area contributed by atoms with Gasteiger partial charge in [0.2, 0.25) is 15.9 Å². The molecule has 142 valence electrons. The van der Waals surface area contributed by atoms with Crippen molar-refractivity contribution in [2.24, 2.45) is 5.14 Å². The maximum Gasteiger partial charge on any atom is 0.241 e. The van der Waals surface area contributed by atoms with Crippen molar-refractivity contribution in [3.8, 4) is 11.5 Å². The average molecular weight is 390 g/mol. The van der Waals surface area contributed by atoms with E-state index in [1.54, 1.807) is 19.2 Å². The number of benzene rings is 2. The molecule has 0 saturated carbocycles. The Morgan fingerprint density at radius 1 is 1.15 bits per heavy atom. The predicted molar refractivity (Wildman–Crippen MR) is 99.5 cm³/mol. The van der Waals surface area contributed by atoms with Gasteiger partial charge in [0.15, 0.2) is 0 Å². The van der Waals surface area contributed by atoms with Gasteiger partial charge in [-0.1, -0.05) is 0 Å². The van der Waals surface area contributed by atoms with E-state index in [0.717, 1.165) is 5.39 Å². The van der Waals surface area contributed by atoms with Crippen LogP contribution >= 0.6 is 0 Å². The van der Waals surface area contributed by atoms with Crippen LogP contribution in [0.2, 0.25) is 0 Å². The molecule has 0 aliphatic heterocycles. The molecule has 1 amide bonds. The van der Waals surface area contributed by atoms with Crippen LogP contribution in [0.15, 0.2) is 52.0 Å². The summed E-state index contributed by atoms with van der Waals surface area (Å²) in [4.78, 5) is 12.2. The van der Waals surface area contributed by atoms with Crippen LogP contribution in [-0.4, -0.2) is 28.5 Å². The molecule has 8 nitrogen and oxygen atoms in total. The summed E-state index contributed by atoms with van der Waals surface area (Å²) in [5.41, 5.74) is 1.60. The SMILES string of the molecule is COc1ccc2c(CC(=O)Nc3ccc(OC)c(S(N)(=O)=O)c3)coc2c1. The lowest BCUT2D eigenvalue weighted by atomic mass is 10.1. The van der Waals surface area contributed by atoms with Crippen LogP contribution in [0.3, 0.4) is 0 Å². The molecule has 0 saturated heterocycles. The minimum atomic E-state index is -3.99. The third-order valence-electron chi connectivity index (χ3n) is 3.97. The number of methoxy groups -OCH3 is 2. The van der Waals surface area contributed by atoms with Crippen molar-refractivity contribution in [2.45, 2.75) is 11.3 Å². The topological polar surface area (TPSA) is 121 Å². The Kier molecular flexibility index (Phi) is 5.06. The number of furan rings is 1. The van der Waals surface area contributed by atoms with Crippen LogP contribution in [0.1, 0.15) is 5.56 Å². The number of rotatable bonds is 6. The first kappa shape index (κ1) is 18.7. The molecule has 9 heteroatoms. The molecule has 3 rings (SSSR count). The highest BCUT2D eigenvalue weighted by atomic mass is 32.2. The van der Waals surface area contributed by atoms with Crippen molar-refractivity contribution in [3.05, 3.63) is 48.2 Å². The molecule has 1 aromatic heterocycles. The third-order valence-corrected chi connectivity index (χ3v) is 4.90. The van der Waals surface area contributed by atoms with Gasteiger partial charge in [-0.25, -0.2) is 13.6 Å². The molecule has 0 aliphatic rings. The van der Waals surface area contributed by atoms with E-state index in [4.69, 9.17) is 19.0 Å². The Balaban J connectivity index is 1.80. The monoisotopic (exact) mass is 390 g/mol. The number of nitrogens with one attached hydrogen (secondary N) is 1. The van der Waals surface area contributed by atoms with Gasteiger partial charge in [-0.3, -0.25) is 4.79 Å². The van der Waals surface area contributed by atoms with Gasteiger partial charge in [0.1, 0.15) is 22.0 Å². The second-order valence-electron chi connectivity index (χ2n) is 5.76. The maximum absolute atomic E-state index is 12.4. The van der Waals surface area contributed by atoms with Gasteiger partial charge in [0.05, 0.1) is 26.9 Å². The van der Waals surface area contributed by atoms with Gasteiger partial charge in [-0.15, -0.1) is 0 Å². The minimum Gasteiger partial charge on any atom is -0.497 e. The third kappa shape index (κ3) is 4.04. The van der Waals surface area contributed by atoms with Crippen molar-refractivity contribution < 1.29 is 27.1 Å². The molecule has 3 N–H and O–H groups in total. The van der Waals surface area contributed by atoms with Gasteiger partial charge < -0.3 is 19.2 Å². The standard InChI is InChI=1S/C18H18N2O6S/c1-24-13-4-5-14-11(10-26-16(14)9-13)7-18(21)20-12-3-6-15(25-2)17(8-12)27(19,22)23/h3-6,8-10H,7H2,1-2H3,(H,20,21)(H2,19,22,23). The first-order valence-electron chi connectivity index (χ1n) is 7.86. The molecule has 0 aliphatic carbocycles. The lowest BCUT2D eigenvalue weighted by Gasteiger charge is -2.10. The summed E-state index contributed by atoms with van der Waals surface area (Å²) in [5.74, 6) is 0.422. The van der Waals surface area contributed by atoms with Crippen LogP contribution in [0.5, 0.6) is 11.5 Å². The van der Waals surface area contributed by atoms with E-state index >= 15 is 0 Å². The molecule has 2 aromatic carbocycles. The number of carbonyl (C=O) groups excluding carboxylic acids is 1. The normalized spacial score (nSPS) is 11.4. The number of sulfonamides is 1.